The second-order valence-corrected chi connectivity index (χ2v) is 4.82. The standard InChI is InChI=1S/C12H15BrF2/c1-3-8(2)4-5-10-11(14)6-9(13)7-12(10)15/h6-8H,3-5H2,1-2H3/t8-/m1/s1. The molecule has 3 heteroatoms. The molecule has 0 unspecified atom stereocenters. The quantitative estimate of drug-likeness (QED) is 0.748. The van der Waals surface area contributed by atoms with Crippen molar-refractivity contribution >= 4 is 15.9 Å². The van der Waals surface area contributed by atoms with Crippen molar-refractivity contribution in [2.45, 2.75) is 33.1 Å². The molecule has 0 saturated carbocycles. The van der Waals surface area contributed by atoms with Crippen molar-refractivity contribution < 1.29 is 8.78 Å². The van der Waals surface area contributed by atoms with Crippen LogP contribution < -0.4 is 0 Å². The third-order valence-corrected chi connectivity index (χ3v) is 3.15. The molecular weight excluding hydrogens is 262 g/mol. The molecule has 1 aromatic carbocycles. The van der Waals surface area contributed by atoms with Crippen molar-refractivity contribution in [3.63, 3.8) is 0 Å². The zero-order chi connectivity index (χ0) is 11.4. The Morgan fingerprint density at radius 1 is 1.27 bits per heavy atom. The lowest BCUT2D eigenvalue weighted by Gasteiger charge is -2.09. The molecule has 0 aliphatic rings. The Kier molecular flexibility index (Phi) is 4.71. The monoisotopic (exact) mass is 276 g/mol. The van der Waals surface area contributed by atoms with E-state index >= 15 is 0 Å². The van der Waals surface area contributed by atoms with Crippen LogP contribution in [-0.2, 0) is 6.42 Å². The van der Waals surface area contributed by atoms with Crippen LogP contribution >= 0.6 is 15.9 Å². The molecule has 15 heavy (non-hydrogen) atoms. The number of halogens is 3. The Bertz CT molecular complexity index is 313. The average molecular weight is 277 g/mol. The molecule has 0 aliphatic carbocycles. The van der Waals surface area contributed by atoms with Gasteiger partial charge in [-0.05, 0) is 30.9 Å². The summed E-state index contributed by atoms with van der Waals surface area (Å²) in [4.78, 5) is 0. The zero-order valence-corrected chi connectivity index (χ0v) is 10.6. The first-order valence-corrected chi connectivity index (χ1v) is 5.97. The fraction of sp³-hybridized carbons (Fsp3) is 0.500. The van der Waals surface area contributed by atoms with Crippen LogP contribution in [0.3, 0.4) is 0 Å². The molecule has 0 radical (unpaired) electrons. The molecule has 0 amide bonds. The molecule has 0 nitrogen and oxygen atoms in total. The van der Waals surface area contributed by atoms with Gasteiger partial charge in [0, 0.05) is 10.0 Å². The van der Waals surface area contributed by atoms with Crippen LogP contribution in [0.15, 0.2) is 16.6 Å². The smallest absolute Gasteiger partial charge is 0.130 e. The summed E-state index contributed by atoms with van der Waals surface area (Å²) in [5.41, 5.74) is 0.207. The predicted molar refractivity (Wildman–Crippen MR) is 61.8 cm³/mol. The van der Waals surface area contributed by atoms with Gasteiger partial charge in [-0.1, -0.05) is 36.2 Å². The summed E-state index contributed by atoms with van der Waals surface area (Å²) in [5.74, 6) is -0.400. The molecule has 0 saturated heterocycles. The molecule has 0 aliphatic heterocycles. The summed E-state index contributed by atoms with van der Waals surface area (Å²) in [5, 5.41) is 0. The van der Waals surface area contributed by atoms with Crippen molar-refractivity contribution in [1.82, 2.24) is 0 Å². The maximum Gasteiger partial charge on any atom is 0.130 e. The van der Waals surface area contributed by atoms with Gasteiger partial charge in [0.25, 0.3) is 0 Å². The first kappa shape index (κ1) is 12.6. The Balaban J connectivity index is 2.77. The summed E-state index contributed by atoms with van der Waals surface area (Å²) < 4.78 is 27.2. The van der Waals surface area contributed by atoms with Crippen molar-refractivity contribution in [1.29, 1.82) is 0 Å². The van der Waals surface area contributed by atoms with Gasteiger partial charge in [0.15, 0.2) is 0 Å². The summed E-state index contributed by atoms with van der Waals surface area (Å²) in [6, 6.07) is 2.63. The van der Waals surface area contributed by atoms with Gasteiger partial charge in [-0.25, -0.2) is 8.78 Å². The van der Waals surface area contributed by atoms with E-state index in [9.17, 15) is 8.78 Å². The Morgan fingerprint density at radius 2 is 1.80 bits per heavy atom. The molecule has 0 spiro atoms. The summed E-state index contributed by atoms with van der Waals surface area (Å²) in [7, 11) is 0. The molecule has 84 valence electrons. The van der Waals surface area contributed by atoms with E-state index in [0.29, 0.717) is 16.8 Å². The van der Waals surface area contributed by atoms with Crippen LogP contribution in [0.4, 0.5) is 8.78 Å². The largest absolute Gasteiger partial charge is 0.207 e. The van der Waals surface area contributed by atoms with Crippen LogP contribution in [0.2, 0.25) is 0 Å². The van der Waals surface area contributed by atoms with Crippen molar-refractivity contribution in [3.8, 4) is 0 Å². The fourth-order valence-corrected chi connectivity index (χ4v) is 1.81. The minimum absolute atomic E-state index is 0.207. The topological polar surface area (TPSA) is 0 Å². The second-order valence-electron chi connectivity index (χ2n) is 3.90. The molecule has 0 N–H and O–H groups in total. The fourth-order valence-electron chi connectivity index (χ4n) is 1.41. The number of hydrogen-bond donors (Lipinski definition) is 0. The number of hydrogen-bond acceptors (Lipinski definition) is 0. The van der Waals surface area contributed by atoms with E-state index in [0.717, 1.165) is 12.8 Å². The first-order valence-electron chi connectivity index (χ1n) is 5.18. The molecule has 1 rings (SSSR count). The minimum Gasteiger partial charge on any atom is -0.207 e. The predicted octanol–water partition coefficient (Wildman–Crippen LogP) is 4.71. The molecule has 0 heterocycles. The highest BCUT2D eigenvalue weighted by Crippen LogP contribution is 2.22. The Hall–Kier alpha value is -0.440. The molecule has 0 fully saturated rings. The van der Waals surface area contributed by atoms with Gasteiger partial charge in [0.05, 0.1) is 0 Å². The SMILES string of the molecule is CC[C@@H](C)CCc1c(F)cc(Br)cc1F. The maximum absolute atomic E-state index is 13.4. The van der Waals surface area contributed by atoms with Gasteiger partial charge >= 0.3 is 0 Å². The molecule has 0 aromatic heterocycles. The van der Waals surface area contributed by atoms with Crippen LogP contribution in [0.1, 0.15) is 32.3 Å². The third-order valence-electron chi connectivity index (χ3n) is 2.69. The number of rotatable bonds is 4. The van der Waals surface area contributed by atoms with E-state index < -0.39 is 11.6 Å². The van der Waals surface area contributed by atoms with Gasteiger partial charge in [-0.15, -0.1) is 0 Å². The first-order chi connectivity index (χ1) is 7.04. The van der Waals surface area contributed by atoms with Crippen LogP contribution in [0.5, 0.6) is 0 Å². The lowest BCUT2D eigenvalue weighted by atomic mass is 9.98. The molecule has 0 bridgehead atoms. The van der Waals surface area contributed by atoms with Crippen molar-refractivity contribution in [2.24, 2.45) is 5.92 Å². The summed E-state index contributed by atoms with van der Waals surface area (Å²) >= 11 is 3.06. The highest BCUT2D eigenvalue weighted by atomic mass is 79.9. The third kappa shape index (κ3) is 3.56. The Labute approximate surface area is 97.8 Å². The Morgan fingerprint density at radius 3 is 2.27 bits per heavy atom. The van der Waals surface area contributed by atoms with Crippen molar-refractivity contribution in [2.75, 3.05) is 0 Å². The van der Waals surface area contributed by atoms with Crippen molar-refractivity contribution in [3.05, 3.63) is 33.8 Å². The lowest BCUT2D eigenvalue weighted by molar-refractivity contribution is 0.489. The van der Waals surface area contributed by atoms with Gasteiger partial charge < -0.3 is 0 Å². The number of benzene rings is 1. The van der Waals surface area contributed by atoms with E-state index in [4.69, 9.17) is 0 Å². The van der Waals surface area contributed by atoms with Crippen LogP contribution in [0.25, 0.3) is 0 Å². The van der Waals surface area contributed by atoms with E-state index in [1.54, 1.807) is 0 Å². The van der Waals surface area contributed by atoms with E-state index in [2.05, 4.69) is 29.8 Å². The van der Waals surface area contributed by atoms with E-state index in [-0.39, 0.29) is 5.56 Å². The van der Waals surface area contributed by atoms with E-state index in [1.165, 1.54) is 12.1 Å². The second kappa shape index (κ2) is 5.59. The van der Waals surface area contributed by atoms with Gasteiger partial charge in [0.2, 0.25) is 0 Å². The van der Waals surface area contributed by atoms with Gasteiger partial charge in [-0.3, -0.25) is 0 Å². The molecule has 1 aromatic rings. The normalized spacial score (nSPS) is 12.9. The van der Waals surface area contributed by atoms with Crippen LogP contribution in [0, 0.1) is 17.6 Å². The van der Waals surface area contributed by atoms with Gasteiger partial charge in [0.1, 0.15) is 11.6 Å². The molecule has 1 atom stereocenters. The highest BCUT2D eigenvalue weighted by molar-refractivity contribution is 9.10. The summed E-state index contributed by atoms with van der Waals surface area (Å²) in [6.07, 6.45) is 2.34. The van der Waals surface area contributed by atoms with E-state index in [1.807, 2.05) is 0 Å². The zero-order valence-electron chi connectivity index (χ0n) is 8.99. The minimum atomic E-state index is -0.454. The maximum atomic E-state index is 13.4. The van der Waals surface area contributed by atoms with Crippen LogP contribution in [-0.4, -0.2) is 0 Å². The highest BCUT2D eigenvalue weighted by Gasteiger charge is 2.11. The lowest BCUT2D eigenvalue weighted by Crippen LogP contribution is -2.00. The average Bonchev–Trinajstić information content (AvgIpc) is 2.15. The van der Waals surface area contributed by atoms with Gasteiger partial charge in [-0.2, -0.15) is 0 Å². The molecular formula is C12H15BrF2. The summed E-state index contributed by atoms with van der Waals surface area (Å²) in [6.45, 7) is 4.17.